The molecule has 0 aromatic heterocycles. The molecule has 0 spiro atoms. The van der Waals surface area contributed by atoms with Crippen LogP contribution in [0.4, 0.5) is 0 Å². The molecule has 0 saturated carbocycles. The molecule has 0 heterocycles. The predicted octanol–water partition coefficient (Wildman–Crippen LogP) is 5.03. The van der Waals surface area contributed by atoms with Gasteiger partial charge in [0.05, 0.1) is 0 Å². The lowest BCUT2D eigenvalue weighted by Gasteiger charge is -2.11. The molecule has 0 unspecified atom stereocenters. The van der Waals surface area contributed by atoms with Gasteiger partial charge in [0.1, 0.15) is 0 Å². The smallest absolute Gasteiger partial charge is 0.0479 e. The maximum Gasteiger partial charge on any atom is 0.0479 e. The monoisotopic (exact) mass is 287 g/mol. The summed E-state index contributed by atoms with van der Waals surface area (Å²) >= 11 is 0. The number of nitrogens with zero attached hydrogens (tertiary/aromatic N) is 1. The molecule has 0 aliphatic heterocycles. The van der Waals surface area contributed by atoms with Crippen LogP contribution in [0.25, 0.3) is 0 Å². The number of hydroxylamine groups is 2. The van der Waals surface area contributed by atoms with E-state index in [1.54, 1.807) is 0 Å². The van der Waals surface area contributed by atoms with E-state index in [4.69, 9.17) is 4.74 Å². The zero-order chi connectivity index (χ0) is 14.9. The van der Waals surface area contributed by atoms with E-state index in [-0.39, 0.29) is 0 Å². The molecule has 0 rings (SSSR count). The molecule has 0 fully saturated rings. The Morgan fingerprint density at radius 1 is 0.700 bits per heavy atom. The van der Waals surface area contributed by atoms with Crippen molar-refractivity contribution in [3.8, 4) is 0 Å². The number of unbranched alkanes of at least 4 members (excludes halogenated alkanes) is 9. The molecule has 0 saturated heterocycles. The Morgan fingerprint density at radius 2 is 1.20 bits per heavy atom. The van der Waals surface area contributed by atoms with Crippen LogP contribution < -0.4 is 0 Å². The highest BCUT2D eigenvalue weighted by Gasteiger charge is 1.96. The highest BCUT2D eigenvalue weighted by Crippen LogP contribution is 2.10. The van der Waals surface area contributed by atoms with Gasteiger partial charge in [-0.05, 0) is 12.8 Å². The van der Waals surface area contributed by atoms with Gasteiger partial charge < -0.3 is 9.94 Å². The number of rotatable bonds is 16. The van der Waals surface area contributed by atoms with Crippen LogP contribution >= 0.6 is 0 Å². The molecule has 122 valence electrons. The van der Waals surface area contributed by atoms with Crippen molar-refractivity contribution in [2.75, 3.05) is 26.3 Å². The van der Waals surface area contributed by atoms with Gasteiger partial charge in [-0.15, -0.1) is 0 Å². The summed E-state index contributed by atoms with van der Waals surface area (Å²) in [7, 11) is 0. The Kier molecular flexibility index (Phi) is 16.8. The van der Waals surface area contributed by atoms with E-state index >= 15 is 0 Å². The van der Waals surface area contributed by atoms with Crippen LogP contribution in [0.2, 0.25) is 0 Å². The first-order valence-electron chi connectivity index (χ1n) is 8.82. The molecule has 3 heteroatoms. The van der Waals surface area contributed by atoms with Gasteiger partial charge in [-0.2, -0.15) is 5.06 Å². The normalized spacial score (nSPS) is 11.4. The first-order valence-corrected chi connectivity index (χ1v) is 8.82. The van der Waals surface area contributed by atoms with Crippen LogP contribution in [0.15, 0.2) is 0 Å². The summed E-state index contributed by atoms with van der Waals surface area (Å²) in [6, 6.07) is 0. The molecule has 0 aliphatic carbocycles. The zero-order valence-corrected chi connectivity index (χ0v) is 13.9. The number of hydrogen-bond acceptors (Lipinski definition) is 3. The van der Waals surface area contributed by atoms with Crippen molar-refractivity contribution < 1.29 is 9.94 Å². The molecule has 3 nitrogen and oxygen atoms in total. The minimum absolute atomic E-state index is 0.693. The molecule has 0 aromatic carbocycles. The van der Waals surface area contributed by atoms with Gasteiger partial charge in [-0.1, -0.05) is 71.6 Å². The van der Waals surface area contributed by atoms with Crippen LogP contribution in [0.5, 0.6) is 0 Å². The summed E-state index contributed by atoms with van der Waals surface area (Å²) in [6.07, 6.45) is 14.6. The second-order valence-electron chi connectivity index (χ2n) is 5.69. The SMILES string of the molecule is CCCCCCCCCCCCOCCCN(O)CC. The van der Waals surface area contributed by atoms with Crippen molar-refractivity contribution in [3.63, 3.8) is 0 Å². The van der Waals surface area contributed by atoms with Crippen molar-refractivity contribution in [1.29, 1.82) is 0 Å². The average molecular weight is 287 g/mol. The summed E-state index contributed by atoms with van der Waals surface area (Å²) in [6.45, 7) is 7.28. The lowest BCUT2D eigenvalue weighted by Crippen LogP contribution is -2.20. The van der Waals surface area contributed by atoms with E-state index in [0.29, 0.717) is 13.1 Å². The number of hydrogen-bond donors (Lipinski definition) is 1. The van der Waals surface area contributed by atoms with Gasteiger partial charge in [0.25, 0.3) is 0 Å². The maximum atomic E-state index is 9.23. The van der Waals surface area contributed by atoms with E-state index in [1.807, 2.05) is 6.92 Å². The first kappa shape index (κ1) is 19.9. The van der Waals surface area contributed by atoms with Crippen molar-refractivity contribution >= 4 is 0 Å². The first-order chi connectivity index (χ1) is 9.81. The topological polar surface area (TPSA) is 32.7 Å². The molecule has 20 heavy (non-hydrogen) atoms. The van der Waals surface area contributed by atoms with Gasteiger partial charge in [-0.3, -0.25) is 0 Å². The third kappa shape index (κ3) is 15.9. The molecular weight excluding hydrogens is 250 g/mol. The van der Waals surface area contributed by atoms with Gasteiger partial charge in [0, 0.05) is 26.3 Å². The summed E-state index contributed by atoms with van der Waals surface area (Å²) < 4.78 is 5.56. The third-order valence-corrected chi connectivity index (χ3v) is 3.71. The lowest BCUT2D eigenvalue weighted by atomic mass is 10.1. The molecule has 0 aromatic rings. The highest BCUT2D eigenvalue weighted by atomic mass is 16.5. The fraction of sp³-hybridized carbons (Fsp3) is 1.00. The molecule has 0 radical (unpaired) electrons. The fourth-order valence-corrected chi connectivity index (χ4v) is 2.30. The Labute approximate surface area is 126 Å². The molecule has 0 bridgehead atoms. The van der Waals surface area contributed by atoms with Gasteiger partial charge in [0.2, 0.25) is 0 Å². The molecular formula is C17H37NO2. The second-order valence-corrected chi connectivity index (χ2v) is 5.69. The van der Waals surface area contributed by atoms with Crippen LogP contribution in [0.3, 0.4) is 0 Å². The largest absolute Gasteiger partial charge is 0.381 e. The van der Waals surface area contributed by atoms with Crippen molar-refractivity contribution in [1.82, 2.24) is 5.06 Å². The maximum absolute atomic E-state index is 9.23. The molecule has 0 aliphatic rings. The quantitative estimate of drug-likeness (QED) is 0.319. The van der Waals surface area contributed by atoms with Gasteiger partial charge >= 0.3 is 0 Å². The van der Waals surface area contributed by atoms with Crippen molar-refractivity contribution in [2.45, 2.75) is 84.5 Å². The summed E-state index contributed by atoms with van der Waals surface area (Å²) in [5, 5.41) is 10.6. The third-order valence-electron chi connectivity index (χ3n) is 3.71. The standard InChI is InChI=1S/C17H37NO2/c1-3-5-6-7-8-9-10-11-12-13-16-20-17-14-15-18(19)4-2/h19H,3-17H2,1-2H3. The van der Waals surface area contributed by atoms with Gasteiger partial charge in [0.15, 0.2) is 0 Å². The minimum atomic E-state index is 0.693. The van der Waals surface area contributed by atoms with Crippen LogP contribution in [-0.2, 0) is 4.74 Å². The second kappa shape index (κ2) is 16.9. The molecule has 0 amide bonds. The molecule has 0 atom stereocenters. The average Bonchev–Trinajstić information content (AvgIpc) is 2.47. The predicted molar refractivity (Wildman–Crippen MR) is 86.3 cm³/mol. The Balaban J connectivity index is 2.96. The van der Waals surface area contributed by atoms with Crippen LogP contribution in [0, 0.1) is 0 Å². The minimum Gasteiger partial charge on any atom is -0.381 e. The Bertz CT molecular complexity index is 176. The van der Waals surface area contributed by atoms with Crippen molar-refractivity contribution in [2.24, 2.45) is 0 Å². The zero-order valence-electron chi connectivity index (χ0n) is 13.9. The lowest BCUT2D eigenvalue weighted by molar-refractivity contribution is -0.0901. The summed E-state index contributed by atoms with van der Waals surface area (Å²) in [5.41, 5.74) is 0. The van der Waals surface area contributed by atoms with Crippen molar-refractivity contribution in [3.05, 3.63) is 0 Å². The molecule has 1 N–H and O–H groups in total. The highest BCUT2D eigenvalue weighted by molar-refractivity contribution is 4.48. The fourth-order valence-electron chi connectivity index (χ4n) is 2.30. The van der Waals surface area contributed by atoms with E-state index in [2.05, 4.69) is 6.92 Å². The van der Waals surface area contributed by atoms with E-state index in [9.17, 15) is 5.21 Å². The van der Waals surface area contributed by atoms with E-state index in [1.165, 1.54) is 69.3 Å². The summed E-state index contributed by atoms with van der Waals surface area (Å²) in [5.74, 6) is 0. The number of ether oxygens (including phenoxy) is 1. The van der Waals surface area contributed by atoms with E-state index < -0.39 is 0 Å². The van der Waals surface area contributed by atoms with Crippen LogP contribution in [-0.4, -0.2) is 36.6 Å². The Morgan fingerprint density at radius 3 is 1.75 bits per heavy atom. The van der Waals surface area contributed by atoms with Crippen LogP contribution in [0.1, 0.15) is 84.5 Å². The van der Waals surface area contributed by atoms with E-state index in [0.717, 1.165) is 19.6 Å². The van der Waals surface area contributed by atoms with Gasteiger partial charge in [-0.25, -0.2) is 0 Å². The summed E-state index contributed by atoms with van der Waals surface area (Å²) in [4.78, 5) is 0. The Hall–Kier alpha value is -0.120.